The predicted octanol–water partition coefficient (Wildman–Crippen LogP) is 3.95. The van der Waals surface area contributed by atoms with Gasteiger partial charge < -0.3 is 9.84 Å². The monoisotopic (exact) mass is 293 g/mol. The van der Waals surface area contributed by atoms with Gasteiger partial charge in [0.25, 0.3) is 5.89 Å². The first kappa shape index (κ1) is 14.3. The Balaban J connectivity index is 1.54. The number of hydrogen-bond acceptors (Lipinski definition) is 4. The van der Waals surface area contributed by atoms with E-state index in [1.165, 1.54) is 5.56 Å². The Bertz CT molecular complexity index is 705. The van der Waals surface area contributed by atoms with Crippen LogP contribution >= 0.6 is 0 Å². The second-order valence-corrected chi connectivity index (χ2v) is 5.11. The van der Waals surface area contributed by atoms with Gasteiger partial charge in [0.05, 0.1) is 0 Å². The van der Waals surface area contributed by atoms with Crippen LogP contribution in [0, 0.1) is 0 Å². The van der Waals surface area contributed by atoms with Gasteiger partial charge in [-0.3, -0.25) is 0 Å². The van der Waals surface area contributed by atoms with E-state index in [0.717, 1.165) is 36.5 Å². The molecule has 0 aliphatic rings. The molecule has 0 aliphatic heterocycles. The summed E-state index contributed by atoms with van der Waals surface area (Å²) in [6, 6.07) is 18.3. The SMILES string of the molecule is CCc1ccc(NCCc2noc(-c3ccccc3)n2)cc1. The molecule has 1 N–H and O–H groups in total. The fraction of sp³-hybridized carbons (Fsp3) is 0.222. The van der Waals surface area contributed by atoms with Gasteiger partial charge in [-0.1, -0.05) is 42.4 Å². The van der Waals surface area contributed by atoms with Crippen LogP contribution in [0.5, 0.6) is 0 Å². The number of benzene rings is 2. The van der Waals surface area contributed by atoms with E-state index < -0.39 is 0 Å². The zero-order valence-corrected chi connectivity index (χ0v) is 12.6. The van der Waals surface area contributed by atoms with Crippen molar-refractivity contribution in [3.8, 4) is 11.5 Å². The highest BCUT2D eigenvalue weighted by Gasteiger charge is 2.07. The number of rotatable bonds is 6. The van der Waals surface area contributed by atoms with Crippen molar-refractivity contribution in [3.63, 3.8) is 0 Å². The molecule has 4 nitrogen and oxygen atoms in total. The molecular formula is C18H19N3O. The predicted molar refractivity (Wildman–Crippen MR) is 87.7 cm³/mol. The molecule has 0 atom stereocenters. The lowest BCUT2D eigenvalue weighted by Gasteiger charge is -2.05. The Morgan fingerprint density at radius 2 is 1.77 bits per heavy atom. The molecule has 0 aliphatic carbocycles. The molecule has 0 bridgehead atoms. The molecule has 3 aromatic rings. The van der Waals surface area contributed by atoms with Crippen molar-refractivity contribution in [1.29, 1.82) is 0 Å². The molecule has 22 heavy (non-hydrogen) atoms. The highest BCUT2D eigenvalue weighted by Crippen LogP contribution is 2.16. The molecule has 1 heterocycles. The topological polar surface area (TPSA) is 51.0 Å². The molecule has 3 rings (SSSR count). The number of aromatic nitrogens is 2. The van der Waals surface area contributed by atoms with E-state index in [0.29, 0.717) is 5.89 Å². The molecule has 1 aromatic heterocycles. The molecule has 112 valence electrons. The number of nitrogens with zero attached hydrogens (tertiary/aromatic N) is 2. The van der Waals surface area contributed by atoms with E-state index in [1.807, 2.05) is 30.3 Å². The van der Waals surface area contributed by atoms with E-state index in [-0.39, 0.29) is 0 Å². The van der Waals surface area contributed by atoms with E-state index in [2.05, 4.69) is 46.6 Å². The van der Waals surface area contributed by atoms with Gasteiger partial charge in [0.1, 0.15) is 0 Å². The van der Waals surface area contributed by atoms with E-state index in [9.17, 15) is 0 Å². The van der Waals surface area contributed by atoms with Gasteiger partial charge >= 0.3 is 0 Å². The lowest BCUT2D eigenvalue weighted by Crippen LogP contribution is -2.05. The number of hydrogen-bond donors (Lipinski definition) is 1. The third-order valence-corrected chi connectivity index (χ3v) is 3.53. The van der Waals surface area contributed by atoms with Crippen molar-refractivity contribution in [1.82, 2.24) is 10.1 Å². The highest BCUT2D eigenvalue weighted by molar-refractivity contribution is 5.52. The summed E-state index contributed by atoms with van der Waals surface area (Å²) in [7, 11) is 0. The van der Waals surface area contributed by atoms with Crippen LogP contribution in [0.1, 0.15) is 18.3 Å². The third-order valence-electron chi connectivity index (χ3n) is 3.53. The first-order valence-electron chi connectivity index (χ1n) is 7.56. The molecule has 0 radical (unpaired) electrons. The molecule has 0 amide bonds. The Morgan fingerprint density at radius 3 is 2.50 bits per heavy atom. The van der Waals surface area contributed by atoms with Crippen molar-refractivity contribution < 1.29 is 4.52 Å². The minimum absolute atomic E-state index is 0.572. The maximum Gasteiger partial charge on any atom is 0.257 e. The summed E-state index contributed by atoms with van der Waals surface area (Å²) in [6.45, 7) is 2.93. The van der Waals surface area contributed by atoms with Gasteiger partial charge in [-0.15, -0.1) is 0 Å². The van der Waals surface area contributed by atoms with Crippen molar-refractivity contribution >= 4 is 5.69 Å². The second kappa shape index (κ2) is 6.89. The van der Waals surface area contributed by atoms with Gasteiger partial charge in [-0.05, 0) is 36.2 Å². The minimum atomic E-state index is 0.572. The van der Waals surface area contributed by atoms with Gasteiger partial charge in [-0.25, -0.2) is 0 Å². The first-order valence-corrected chi connectivity index (χ1v) is 7.56. The first-order chi connectivity index (χ1) is 10.8. The summed E-state index contributed by atoms with van der Waals surface area (Å²) in [5, 5.41) is 7.40. The van der Waals surface area contributed by atoms with Gasteiger partial charge in [-0.2, -0.15) is 4.98 Å². The van der Waals surface area contributed by atoms with Crippen molar-refractivity contribution in [2.45, 2.75) is 19.8 Å². The molecule has 0 saturated carbocycles. The summed E-state index contributed by atoms with van der Waals surface area (Å²) >= 11 is 0. The van der Waals surface area contributed by atoms with Gasteiger partial charge in [0, 0.05) is 24.2 Å². The summed E-state index contributed by atoms with van der Waals surface area (Å²) in [6.07, 6.45) is 1.79. The summed E-state index contributed by atoms with van der Waals surface area (Å²) < 4.78 is 5.29. The van der Waals surface area contributed by atoms with E-state index in [1.54, 1.807) is 0 Å². The number of nitrogens with one attached hydrogen (secondary N) is 1. The number of aryl methyl sites for hydroxylation is 1. The molecule has 0 saturated heterocycles. The average Bonchev–Trinajstić information content (AvgIpc) is 3.05. The molecular weight excluding hydrogens is 274 g/mol. The van der Waals surface area contributed by atoms with Crippen LogP contribution in [0.2, 0.25) is 0 Å². The second-order valence-electron chi connectivity index (χ2n) is 5.11. The van der Waals surface area contributed by atoms with Crippen LogP contribution in [0.15, 0.2) is 59.1 Å². The van der Waals surface area contributed by atoms with Gasteiger partial charge in [0.15, 0.2) is 5.82 Å². The fourth-order valence-corrected chi connectivity index (χ4v) is 2.23. The van der Waals surface area contributed by atoms with Crippen LogP contribution in [0.3, 0.4) is 0 Å². The Hall–Kier alpha value is -2.62. The van der Waals surface area contributed by atoms with E-state index >= 15 is 0 Å². The van der Waals surface area contributed by atoms with Crippen LogP contribution in [-0.4, -0.2) is 16.7 Å². The zero-order valence-electron chi connectivity index (χ0n) is 12.6. The third kappa shape index (κ3) is 3.52. The highest BCUT2D eigenvalue weighted by atomic mass is 16.5. The van der Waals surface area contributed by atoms with Crippen molar-refractivity contribution in [2.24, 2.45) is 0 Å². The van der Waals surface area contributed by atoms with Crippen molar-refractivity contribution in [2.75, 3.05) is 11.9 Å². The average molecular weight is 293 g/mol. The lowest BCUT2D eigenvalue weighted by molar-refractivity contribution is 0.423. The standard InChI is InChI=1S/C18H19N3O/c1-2-14-8-10-16(11-9-14)19-13-12-17-20-18(22-21-17)15-6-4-3-5-7-15/h3-11,19H,2,12-13H2,1H3. The Kier molecular flexibility index (Phi) is 4.49. The molecule has 2 aromatic carbocycles. The maximum absolute atomic E-state index is 5.29. The molecule has 4 heteroatoms. The van der Waals surface area contributed by atoms with Crippen LogP contribution in [0.25, 0.3) is 11.5 Å². The minimum Gasteiger partial charge on any atom is -0.385 e. The smallest absolute Gasteiger partial charge is 0.257 e. The normalized spacial score (nSPS) is 10.6. The Morgan fingerprint density at radius 1 is 1.00 bits per heavy atom. The van der Waals surface area contributed by atoms with Crippen LogP contribution in [-0.2, 0) is 12.8 Å². The molecule has 0 fully saturated rings. The molecule has 0 spiro atoms. The summed E-state index contributed by atoms with van der Waals surface area (Å²) in [5.74, 6) is 1.29. The van der Waals surface area contributed by atoms with Crippen molar-refractivity contribution in [3.05, 3.63) is 66.0 Å². The number of anilines is 1. The lowest BCUT2D eigenvalue weighted by atomic mass is 10.1. The van der Waals surface area contributed by atoms with Crippen LogP contribution < -0.4 is 5.32 Å². The van der Waals surface area contributed by atoms with E-state index in [4.69, 9.17) is 4.52 Å². The van der Waals surface area contributed by atoms with Gasteiger partial charge in [0.2, 0.25) is 0 Å². The fourth-order valence-electron chi connectivity index (χ4n) is 2.23. The van der Waals surface area contributed by atoms with Crippen LogP contribution in [0.4, 0.5) is 5.69 Å². The summed E-state index contributed by atoms with van der Waals surface area (Å²) in [4.78, 5) is 4.42. The quantitative estimate of drug-likeness (QED) is 0.747. The molecule has 0 unspecified atom stereocenters. The largest absolute Gasteiger partial charge is 0.385 e. The summed E-state index contributed by atoms with van der Waals surface area (Å²) in [5.41, 5.74) is 3.41. The maximum atomic E-state index is 5.29. The zero-order chi connectivity index (χ0) is 15.2. The Labute approximate surface area is 130 Å².